The molecule has 2 aromatic heterocycles. The van der Waals surface area contributed by atoms with Crippen LogP contribution < -0.4 is 0 Å². The average Bonchev–Trinajstić information content (AvgIpc) is 3.31. The normalized spacial score (nSPS) is 11.4. The fourth-order valence-corrected chi connectivity index (χ4v) is 8.19. The summed E-state index contributed by atoms with van der Waals surface area (Å²) in [6.45, 7) is 0. The highest BCUT2D eigenvalue weighted by Crippen LogP contribution is 2.38. The van der Waals surface area contributed by atoms with Gasteiger partial charge in [0.2, 0.25) is 0 Å². The van der Waals surface area contributed by atoms with Crippen LogP contribution in [0.15, 0.2) is 206 Å². The molecule has 0 aliphatic heterocycles. The third kappa shape index (κ3) is 6.05. The summed E-state index contributed by atoms with van der Waals surface area (Å²) in [5, 5.41) is 8.23. The Bertz CT molecular complexity index is 3280. The predicted octanol–water partition coefficient (Wildman–Crippen LogP) is 13.9. The van der Waals surface area contributed by atoms with Crippen LogP contribution in [-0.2, 0) is 0 Å². The molecule has 0 atom stereocenters. The number of benzene rings is 9. The first-order chi connectivity index (χ1) is 28.7. The minimum absolute atomic E-state index is 0.622. The zero-order valence-electron chi connectivity index (χ0n) is 31.4. The van der Waals surface area contributed by atoms with Crippen molar-refractivity contribution in [2.45, 2.75) is 0 Å². The number of para-hydroxylation sites is 1. The largest absolute Gasteiger partial charge is 0.247 e. The number of rotatable bonds is 6. The summed E-state index contributed by atoms with van der Waals surface area (Å²) in [5.74, 6) is 1.89. The van der Waals surface area contributed by atoms with Gasteiger partial charge in [-0.2, -0.15) is 0 Å². The van der Waals surface area contributed by atoms with Crippen LogP contribution in [0.25, 0.3) is 111 Å². The van der Waals surface area contributed by atoms with Gasteiger partial charge in [-0.15, -0.1) is 0 Å². The van der Waals surface area contributed by atoms with Crippen molar-refractivity contribution < 1.29 is 0 Å². The summed E-state index contributed by atoms with van der Waals surface area (Å²) in [6, 6.07) is 72.5. The molecule has 0 aliphatic rings. The Morgan fingerprint density at radius 2 is 0.759 bits per heavy atom. The maximum Gasteiger partial charge on any atom is 0.164 e. The minimum Gasteiger partial charge on any atom is -0.247 e. The molecule has 2 heterocycles. The Hall–Kier alpha value is -7.82. The highest BCUT2D eigenvalue weighted by atomic mass is 15.0. The molecule has 11 aromatic rings. The Balaban J connectivity index is 1.08. The molecule has 58 heavy (non-hydrogen) atoms. The quantitative estimate of drug-likeness (QED) is 0.159. The molecule has 0 radical (unpaired) electrons. The van der Waals surface area contributed by atoms with E-state index in [2.05, 4.69) is 146 Å². The fraction of sp³-hybridized carbons (Fsp3) is 0. The molecular formula is C54H34N4. The van der Waals surface area contributed by atoms with Crippen LogP contribution in [0.3, 0.4) is 0 Å². The Morgan fingerprint density at radius 1 is 0.241 bits per heavy atom. The van der Waals surface area contributed by atoms with Crippen LogP contribution in [0, 0.1) is 0 Å². The average molecular weight is 739 g/mol. The standard InChI is InChI=1S/C54H34N4/c1-3-15-36(16-4-1)52-56-53(37-17-5-2-6-18-37)58-54(57-52)44-33-42(32-43(34-44)46-24-13-19-35-14-7-8-20-45(35)46)40-27-26-39-31-41(29-28-38(39)30-40)51-49-23-10-9-21-47(49)48-22-11-12-25-50(48)55-51/h1-34H. The van der Waals surface area contributed by atoms with Crippen LogP contribution in [0.4, 0.5) is 0 Å². The third-order valence-electron chi connectivity index (χ3n) is 11.0. The summed E-state index contributed by atoms with van der Waals surface area (Å²) in [4.78, 5) is 20.4. The maximum atomic E-state index is 5.18. The summed E-state index contributed by atoms with van der Waals surface area (Å²) in [5.41, 5.74) is 10.3. The van der Waals surface area contributed by atoms with Gasteiger partial charge in [0.15, 0.2) is 17.5 Å². The number of pyridine rings is 1. The van der Waals surface area contributed by atoms with Crippen LogP contribution >= 0.6 is 0 Å². The van der Waals surface area contributed by atoms with Crippen molar-refractivity contribution in [1.29, 1.82) is 0 Å². The summed E-state index contributed by atoms with van der Waals surface area (Å²) in [7, 11) is 0. The highest BCUT2D eigenvalue weighted by molar-refractivity contribution is 6.11. The van der Waals surface area contributed by atoms with Gasteiger partial charge >= 0.3 is 0 Å². The van der Waals surface area contributed by atoms with Crippen LogP contribution in [0.5, 0.6) is 0 Å². The molecule has 270 valence electrons. The second-order valence-corrected chi connectivity index (χ2v) is 14.7. The second kappa shape index (κ2) is 14.0. The van der Waals surface area contributed by atoms with Crippen molar-refractivity contribution in [1.82, 2.24) is 19.9 Å². The first kappa shape index (κ1) is 33.5. The summed E-state index contributed by atoms with van der Waals surface area (Å²) >= 11 is 0. The molecule has 0 fully saturated rings. The molecule has 9 aromatic carbocycles. The summed E-state index contributed by atoms with van der Waals surface area (Å²) in [6.07, 6.45) is 0. The first-order valence-electron chi connectivity index (χ1n) is 19.5. The van der Waals surface area contributed by atoms with Gasteiger partial charge in [-0.05, 0) is 85.6 Å². The lowest BCUT2D eigenvalue weighted by Crippen LogP contribution is -2.00. The Kier molecular flexibility index (Phi) is 8.11. The van der Waals surface area contributed by atoms with E-state index < -0.39 is 0 Å². The summed E-state index contributed by atoms with van der Waals surface area (Å²) < 4.78 is 0. The van der Waals surface area contributed by atoms with Crippen LogP contribution in [-0.4, -0.2) is 19.9 Å². The predicted molar refractivity (Wildman–Crippen MR) is 240 cm³/mol. The van der Waals surface area contributed by atoms with Gasteiger partial charge in [0.25, 0.3) is 0 Å². The molecule has 11 rings (SSSR count). The van der Waals surface area contributed by atoms with Crippen molar-refractivity contribution in [3.05, 3.63) is 206 Å². The lowest BCUT2D eigenvalue weighted by Gasteiger charge is -2.14. The van der Waals surface area contributed by atoms with Gasteiger partial charge in [-0.1, -0.05) is 170 Å². The molecule has 0 bridgehead atoms. The zero-order valence-corrected chi connectivity index (χ0v) is 31.4. The van der Waals surface area contributed by atoms with E-state index in [4.69, 9.17) is 19.9 Å². The second-order valence-electron chi connectivity index (χ2n) is 14.7. The monoisotopic (exact) mass is 738 g/mol. The van der Waals surface area contributed by atoms with E-state index in [0.29, 0.717) is 17.5 Å². The maximum absolute atomic E-state index is 5.18. The zero-order chi connectivity index (χ0) is 38.4. The van der Waals surface area contributed by atoms with E-state index >= 15 is 0 Å². The van der Waals surface area contributed by atoms with Gasteiger partial charge in [0, 0.05) is 33.0 Å². The van der Waals surface area contributed by atoms with Gasteiger partial charge in [0.05, 0.1) is 11.2 Å². The molecule has 0 unspecified atom stereocenters. The Labute approximate surface area is 335 Å². The Morgan fingerprint density at radius 3 is 1.48 bits per heavy atom. The molecular weight excluding hydrogens is 705 g/mol. The molecule has 0 saturated heterocycles. The lowest BCUT2D eigenvalue weighted by atomic mass is 9.92. The van der Waals surface area contributed by atoms with Crippen LogP contribution in [0.1, 0.15) is 0 Å². The van der Waals surface area contributed by atoms with E-state index in [0.717, 1.165) is 71.9 Å². The van der Waals surface area contributed by atoms with E-state index in [1.807, 2.05) is 60.7 Å². The molecule has 0 amide bonds. The molecule has 0 spiro atoms. The van der Waals surface area contributed by atoms with Gasteiger partial charge in [0.1, 0.15) is 0 Å². The SMILES string of the molecule is c1ccc(-c2nc(-c3ccccc3)nc(-c3cc(-c4ccc5cc(-c6nc7ccccc7c7ccccc67)ccc5c4)cc(-c4cccc5ccccc45)c3)n2)cc1. The first-order valence-corrected chi connectivity index (χ1v) is 19.5. The molecule has 0 N–H and O–H groups in total. The van der Waals surface area contributed by atoms with E-state index in [1.54, 1.807) is 0 Å². The van der Waals surface area contributed by atoms with Crippen molar-refractivity contribution in [3.8, 4) is 67.7 Å². The van der Waals surface area contributed by atoms with Crippen LogP contribution in [0.2, 0.25) is 0 Å². The number of aromatic nitrogens is 4. The van der Waals surface area contributed by atoms with E-state index in [-0.39, 0.29) is 0 Å². The van der Waals surface area contributed by atoms with Gasteiger partial charge in [-0.3, -0.25) is 0 Å². The van der Waals surface area contributed by atoms with Crippen molar-refractivity contribution >= 4 is 43.2 Å². The molecule has 4 heteroatoms. The van der Waals surface area contributed by atoms with Crippen molar-refractivity contribution in [2.75, 3.05) is 0 Å². The molecule has 4 nitrogen and oxygen atoms in total. The smallest absolute Gasteiger partial charge is 0.164 e. The third-order valence-corrected chi connectivity index (χ3v) is 11.0. The van der Waals surface area contributed by atoms with Gasteiger partial charge < -0.3 is 0 Å². The number of hydrogen-bond donors (Lipinski definition) is 0. The van der Waals surface area contributed by atoms with Crippen molar-refractivity contribution in [2.24, 2.45) is 0 Å². The van der Waals surface area contributed by atoms with Gasteiger partial charge in [-0.25, -0.2) is 19.9 Å². The number of fused-ring (bicyclic) bond motifs is 5. The molecule has 0 aliphatic carbocycles. The minimum atomic E-state index is 0.622. The lowest BCUT2D eigenvalue weighted by molar-refractivity contribution is 1.07. The van der Waals surface area contributed by atoms with E-state index in [1.165, 1.54) is 21.5 Å². The fourth-order valence-electron chi connectivity index (χ4n) is 8.19. The van der Waals surface area contributed by atoms with E-state index in [9.17, 15) is 0 Å². The number of nitrogens with zero attached hydrogens (tertiary/aromatic N) is 4. The van der Waals surface area contributed by atoms with Crippen molar-refractivity contribution in [3.63, 3.8) is 0 Å². The molecule has 0 saturated carbocycles. The number of hydrogen-bond acceptors (Lipinski definition) is 4. The highest BCUT2D eigenvalue weighted by Gasteiger charge is 2.17. The topological polar surface area (TPSA) is 51.6 Å².